The lowest BCUT2D eigenvalue weighted by Crippen LogP contribution is -2.33. The van der Waals surface area contributed by atoms with Crippen LogP contribution >= 0.6 is 0 Å². The first kappa shape index (κ1) is 17.5. The van der Waals surface area contributed by atoms with E-state index < -0.39 is 0 Å². The van der Waals surface area contributed by atoms with Gasteiger partial charge < -0.3 is 0 Å². The second-order valence-electron chi connectivity index (χ2n) is 7.77. The molecule has 2 nitrogen and oxygen atoms in total. The van der Waals surface area contributed by atoms with Crippen LogP contribution in [0.5, 0.6) is 0 Å². The quantitative estimate of drug-likeness (QED) is 0.388. The largest absolute Gasteiger partial charge is 0.255 e. The maximum Gasteiger partial charge on any atom is 0.255 e. The Hall–Kier alpha value is -2.87. The van der Waals surface area contributed by atoms with Gasteiger partial charge in [0.25, 0.3) is 6.33 Å². The molecular formula is C25H27N2+. The molecule has 27 heavy (non-hydrogen) atoms. The predicted octanol–water partition coefficient (Wildman–Crippen LogP) is 6.15. The first-order chi connectivity index (χ1) is 13.1. The third kappa shape index (κ3) is 3.06. The molecule has 0 saturated heterocycles. The first-order valence-electron chi connectivity index (χ1n) is 9.78. The highest BCUT2D eigenvalue weighted by molar-refractivity contribution is 5.75. The van der Waals surface area contributed by atoms with E-state index in [0.29, 0.717) is 11.8 Å². The van der Waals surface area contributed by atoms with Gasteiger partial charge in [0.05, 0.1) is 0 Å². The summed E-state index contributed by atoms with van der Waals surface area (Å²) in [7, 11) is 0. The number of rotatable bonds is 4. The van der Waals surface area contributed by atoms with Crippen LogP contribution in [-0.2, 0) is 0 Å². The zero-order valence-electron chi connectivity index (χ0n) is 16.6. The monoisotopic (exact) mass is 355 g/mol. The summed E-state index contributed by atoms with van der Waals surface area (Å²) in [5, 5.41) is 0. The van der Waals surface area contributed by atoms with Gasteiger partial charge in [0.15, 0.2) is 11.0 Å². The van der Waals surface area contributed by atoms with E-state index >= 15 is 0 Å². The molecule has 1 heterocycles. The molecule has 4 rings (SSSR count). The van der Waals surface area contributed by atoms with Gasteiger partial charge in [0.2, 0.25) is 0 Å². The minimum Gasteiger partial charge on any atom is -0.195 e. The standard InChI is InChI=1S/C25H27N2/c1-18(2)21-13-10-14-22(19(3)4)25(21)27-17-26(20-11-6-5-7-12-20)23-15-8-9-16-24(23)27/h5-19H,1-4H3/q+1. The van der Waals surface area contributed by atoms with Gasteiger partial charge in [-0.05, 0) is 36.1 Å². The van der Waals surface area contributed by atoms with Gasteiger partial charge in [-0.2, -0.15) is 9.13 Å². The maximum absolute atomic E-state index is 2.38. The SMILES string of the molecule is CC(C)c1cccc(C(C)C)c1-[n+]1cn(-c2ccccc2)c2ccccc21. The Balaban J connectivity index is 2.07. The number of benzene rings is 3. The molecule has 0 fully saturated rings. The fourth-order valence-electron chi connectivity index (χ4n) is 3.87. The lowest BCUT2D eigenvalue weighted by Gasteiger charge is -2.16. The van der Waals surface area contributed by atoms with Crippen LogP contribution in [0.1, 0.15) is 50.7 Å². The van der Waals surface area contributed by atoms with E-state index in [4.69, 9.17) is 0 Å². The minimum absolute atomic E-state index is 0.463. The Morgan fingerprint density at radius 2 is 1.26 bits per heavy atom. The van der Waals surface area contributed by atoms with Crippen molar-refractivity contribution in [2.45, 2.75) is 39.5 Å². The van der Waals surface area contributed by atoms with Crippen molar-refractivity contribution in [3.63, 3.8) is 0 Å². The van der Waals surface area contributed by atoms with Crippen molar-refractivity contribution in [3.8, 4) is 11.4 Å². The molecule has 0 spiro atoms. The molecule has 0 saturated carbocycles. The Bertz CT molecular complexity index is 1050. The highest BCUT2D eigenvalue weighted by Crippen LogP contribution is 2.29. The average Bonchev–Trinajstić information content (AvgIpc) is 3.07. The fourth-order valence-corrected chi connectivity index (χ4v) is 3.87. The van der Waals surface area contributed by atoms with Gasteiger partial charge >= 0.3 is 0 Å². The van der Waals surface area contributed by atoms with Gasteiger partial charge in [-0.25, -0.2) is 0 Å². The van der Waals surface area contributed by atoms with Gasteiger partial charge in [0.1, 0.15) is 11.4 Å². The summed E-state index contributed by atoms with van der Waals surface area (Å²) in [5.74, 6) is 0.926. The average molecular weight is 356 g/mol. The van der Waals surface area contributed by atoms with Crippen molar-refractivity contribution in [1.29, 1.82) is 0 Å². The van der Waals surface area contributed by atoms with E-state index in [0.717, 1.165) is 0 Å². The predicted molar refractivity (Wildman–Crippen MR) is 113 cm³/mol. The molecule has 0 amide bonds. The Morgan fingerprint density at radius 3 is 1.89 bits per heavy atom. The van der Waals surface area contributed by atoms with Crippen LogP contribution < -0.4 is 4.57 Å². The van der Waals surface area contributed by atoms with Crippen molar-refractivity contribution >= 4 is 11.0 Å². The summed E-state index contributed by atoms with van der Waals surface area (Å²) in [4.78, 5) is 0. The number of aromatic nitrogens is 2. The van der Waals surface area contributed by atoms with E-state index in [-0.39, 0.29) is 0 Å². The number of imidazole rings is 1. The van der Waals surface area contributed by atoms with Crippen molar-refractivity contribution in [2.75, 3.05) is 0 Å². The van der Waals surface area contributed by atoms with Crippen molar-refractivity contribution in [3.05, 3.63) is 90.3 Å². The molecule has 0 aliphatic rings. The molecule has 0 unspecified atom stereocenters. The molecule has 0 aliphatic carbocycles. The summed E-state index contributed by atoms with van der Waals surface area (Å²) in [6.45, 7) is 9.11. The van der Waals surface area contributed by atoms with Crippen LogP contribution in [-0.4, -0.2) is 4.57 Å². The number of fused-ring (bicyclic) bond motifs is 1. The number of nitrogens with zero attached hydrogens (tertiary/aromatic N) is 2. The second kappa shape index (κ2) is 7.03. The van der Waals surface area contributed by atoms with Crippen LogP contribution in [0.2, 0.25) is 0 Å². The molecule has 0 bridgehead atoms. The van der Waals surface area contributed by atoms with Gasteiger partial charge in [-0.3, -0.25) is 0 Å². The van der Waals surface area contributed by atoms with Gasteiger partial charge in [-0.15, -0.1) is 0 Å². The number of hydrogen-bond donors (Lipinski definition) is 0. The van der Waals surface area contributed by atoms with E-state index in [9.17, 15) is 0 Å². The molecule has 3 aromatic carbocycles. The lowest BCUT2D eigenvalue weighted by atomic mass is 9.92. The lowest BCUT2D eigenvalue weighted by molar-refractivity contribution is -0.569. The van der Waals surface area contributed by atoms with Crippen LogP contribution in [0, 0.1) is 0 Å². The van der Waals surface area contributed by atoms with Crippen LogP contribution in [0.3, 0.4) is 0 Å². The van der Waals surface area contributed by atoms with Crippen molar-refractivity contribution < 1.29 is 4.57 Å². The smallest absolute Gasteiger partial charge is 0.195 e. The molecule has 0 radical (unpaired) electrons. The molecule has 1 aromatic heterocycles. The summed E-state index contributed by atoms with van der Waals surface area (Å²) in [5.41, 5.74) is 7.74. The summed E-state index contributed by atoms with van der Waals surface area (Å²) in [6.07, 6.45) is 2.24. The van der Waals surface area contributed by atoms with Crippen LogP contribution in [0.25, 0.3) is 22.4 Å². The molecule has 0 atom stereocenters. The van der Waals surface area contributed by atoms with Crippen LogP contribution in [0.15, 0.2) is 79.1 Å². The molecule has 0 aliphatic heterocycles. The third-order valence-electron chi connectivity index (χ3n) is 5.25. The first-order valence-corrected chi connectivity index (χ1v) is 9.78. The highest BCUT2D eigenvalue weighted by atomic mass is 15.1. The molecular weight excluding hydrogens is 328 g/mol. The Morgan fingerprint density at radius 1 is 0.667 bits per heavy atom. The summed E-state index contributed by atoms with van der Waals surface area (Å²) < 4.78 is 4.67. The van der Waals surface area contributed by atoms with Gasteiger partial charge in [-0.1, -0.05) is 76.2 Å². The third-order valence-corrected chi connectivity index (χ3v) is 5.25. The maximum atomic E-state index is 2.38. The van der Waals surface area contributed by atoms with Gasteiger partial charge in [0, 0.05) is 11.1 Å². The molecule has 2 heteroatoms. The van der Waals surface area contributed by atoms with E-state index in [2.05, 4.69) is 116 Å². The topological polar surface area (TPSA) is 8.81 Å². The van der Waals surface area contributed by atoms with Crippen molar-refractivity contribution in [1.82, 2.24) is 4.57 Å². The second-order valence-corrected chi connectivity index (χ2v) is 7.77. The molecule has 136 valence electrons. The summed E-state index contributed by atoms with van der Waals surface area (Å²) >= 11 is 0. The fraction of sp³-hybridized carbons (Fsp3) is 0.240. The van der Waals surface area contributed by atoms with Crippen molar-refractivity contribution in [2.24, 2.45) is 0 Å². The Kier molecular flexibility index (Phi) is 4.57. The zero-order chi connectivity index (χ0) is 19.0. The minimum atomic E-state index is 0.463. The van der Waals surface area contributed by atoms with E-state index in [1.807, 2.05) is 0 Å². The highest BCUT2D eigenvalue weighted by Gasteiger charge is 2.24. The Labute approximate surface area is 161 Å². The van der Waals surface area contributed by atoms with E-state index in [1.54, 1.807) is 0 Å². The zero-order valence-corrected chi connectivity index (χ0v) is 16.6. The number of para-hydroxylation sites is 4. The molecule has 4 aromatic rings. The van der Waals surface area contributed by atoms with E-state index in [1.165, 1.54) is 33.5 Å². The van der Waals surface area contributed by atoms with Crippen LogP contribution in [0.4, 0.5) is 0 Å². The normalized spacial score (nSPS) is 11.6. The molecule has 0 N–H and O–H groups in total. The number of hydrogen-bond acceptors (Lipinski definition) is 0. The summed E-state index contributed by atoms with van der Waals surface area (Å²) in [6, 6.07) is 26.0.